The minimum absolute atomic E-state index is 0.00711. The van der Waals surface area contributed by atoms with Crippen molar-refractivity contribution in [1.82, 2.24) is 0 Å². The molecule has 2 amide bonds. The highest BCUT2D eigenvalue weighted by Crippen LogP contribution is 2.35. The highest BCUT2D eigenvalue weighted by molar-refractivity contribution is 6.31. The summed E-state index contributed by atoms with van der Waals surface area (Å²) in [4.78, 5) is 24.5. The Morgan fingerprint density at radius 1 is 1.16 bits per heavy atom. The Morgan fingerprint density at radius 2 is 1.82 bits per heavy atom. The van der Waals surface area contributed by atoms with Crippen LogP contribution in [-0.4, -0.2) is 60.8 Å². The molecule has 0 saturated carbocycles. The number of phenols is 1. The van der Waals surface area contributed by atoms with Gasteiger partial charge in [0, 0.05) is 30.7 Å². The number of anilines is 1. The van der Waals surface area contributed by atoms with E-state index in [1.165, 1.54) is 13.2 Å². The number of amides is 2. The second-order valence-corrected chi connectivity index (χ2v) is 10.5. The summed E-state index contributed by atoms with van der Waals surface area (Å²) >= 11 is 6.31. The van der Waals surface area contributed by atoms with Gasteiger partial charge in [-0.1, -0.05) is 37.6 Å². The number of nitrogens with one attached hydrogen (secondary N) is 1. The van der Waals surface area contributed by atoms with Crippen LogP contribution in [0, 0.1) is 11.8 Å². The zero-order valence-electron chi connectivity index (χ0n) is 23.0. The first kappa shape index (κ1) is 31.6. The van der Waals surface area contributed by atoms with Crippen molar-refractivity contribution in [1.29, 1.82) is 0 Å². The van der Waals surface area contributed by atoms with Crippen LogP contribution in [0.1, 0.15) is 52.5 Å². The van der Waals surface area contributed by atoms with Gasteiger partial charge in [0.05, 0.1) is 24.0 Å². The molecule has 1 aromatic carbocycles. The van der Waals surface area contributed by atoms with E-state index in [2.05, 4.69) is 5.32 Å². The van der Waals surface area contributed by atoms with Gasteiger partial charge in [-0.15, -0.1) is 0 Å². The Bertz CT molecular complexity index is 1040. The summed E-state index contributed by atoms with van der Waals surface area (Å²) in [5.74, 6) is -0.785. The van der Waals surface area contributed by atoms with E-state index in [4.69, 9.17) is 31.5 Å². The van der Waals surface area contributed by atoms with E-state index in [1.807, 2.05) is 19.9 Å². The standard InChI is InChI=1S/C28H41ClN2O7/c1-15-10-19-13-20(29)14-21(25(19)33)31-27(34)16(2)8-7-9-22(36-5)26(38-28(30)35)18(4)12-17(3)24(32)23(11-15)37-6/h8,12-15,17,22-24,26,32-33H,7,9-11H2,1-6H3,(H2,30,35)(H,31,34)/b16-8+,18-12+/t15-,17+,22+,23+,24-,26+/m1/s1. The topological polar surface area (TPSA) is 140 Å². The molecule has 0 fully saturated rings. The number of aliphatic hydroxyl groups excluding tert-OH is 1. The average Bonchev–Trinajstić information content (AvgIpc) is 2.85. The zero-order valence-corrected chi connectivity index (χ0v) is 23.7. The summed E-state index contributed by atoms with van der Waals surface area (Å²) in [5, 5.41) is 25.1. The van der Waals surface area contributed by atoms with Gasteiger partial charge in [-0.2, -0.15) is 0 Å². The van der Waals surface area contributed by atoms with Crippen molar-refractivity contribution in [3.8, 4) is 5.75 Å². The van der Waals surface area contributed by atoms with Crippen molar-refractivity contribution in [2.24, 2.45) is 17.6 Å². The maximum absolute atomic E-state index is 12.8. The minimum Gasteiger partial charge on any atom is -0.505 e. The number of hydrogen-bond donors (Lipinski definition) is 4. The summed E-state index contributed by atoms with van der Waals surface area (Å²) in [6.07, 6.45) is 1.75. The lowest BCUT2D eigenvalue weighted by molar-refractivity contribution is -0.112. The van der Waals surface area contributed by atoms with Gasteiger partial charge < -0.3 is 35.5 Å². The number of allylic oxidation sites excluding steroid dienone is 1. The molecule has 9 nitrogen and oxygen atoms in total. The Kier molecular flexibility index (Phi) is 12.1. The Labute approximate surface area is 230 Å². The molecular formula is C28H41ClN2O7. The normalized spacial score (nSPS) is 30.9. The van der Waals surface area contributed by atoms with E-state index in [9.17, 15) is 19.8 Å². The lowest BCUT2D eigenvalue weighted by Crippen LogP contribution is -2.37. The fraction of sp³-hybridized carbons (Fsp3) is 0.571. The number of methoxy groups -OCH3 is 2. The first-order valence-corrected chi connectivity index (χ1v) is 13.1. The largest absolute Gasteiger partial charge is 0.505 e. The van der Waals surface area contributed by atoms with E-state index in [0.717, 1.165) is 0 Å². The number of rotatable bonds is 3. The number of ether oxygens (including phenoxy) is 3. The molecule has 0 aliphatic carbocycles. The van der Waals surface area contributed by atoms with E-state index < -0.39 is 30.5 Å². The lowest BCUT2D eigenvalue weighted by Gasteiger charge is -2.30. The van der Waals surface area contributed by atoms with Crippen molar-refractivity contribution in [3.63, 3.8) is 0 Å². The number of primary amides is 1. The predicted molar refractivity (Wildman–Crippen MR) is 147 cm³/mol. The first-order chi connectivity index (χ1) is 17.9. The van der Waals surface area contributed by atoms with E-state index in [0.29, 0.717) is 47.4 Å². The van der Waals surface area contributed by atoms with Crippen LogP contribution in [0.4, 0.5) is 10.5 Å². The maximum Gasteiger partial charge on any atom is 0.405 e. The maximum atomic E-state index is 12.8. The fourth-order valence-electron chi connectivity index (χ4n) is 4.84. The number of hydrogen-bond acceptors (Lipinski definition) is 7. The minimum atomic E-state index is -0.939. The molecule has 0 radical (unpaired) electrons. The van der Waals surface area contributed by atoms with E-state index in [-0.39, 0.29) is 29.2 Å². The third kappa shape index (κ3) is 8.73. The third-order valence-corrected chi connectivity index (χ3v) is 7.16. The van der Waals surface area contributed by atoms with Crippen LogP contribution in [0.2, 0.25) is 5.02 Å². The number of fused-ring (bicyclic) bond motifs is 2. The van der Waals surface area contributed by atoms with Gasteiger partial charge in [-0.3, -0.25) is 4.79 Å². The van der Waals surface area contributed by atoms with Crippen LogP contribution in [0.15, 0.2) is 35.4 Å². The monoisotopic (exact) mass is 552 g/mol. The molecule has 5 N–H and O–H groups in total. The zero-order chi connectivity index (χ0) is 28.6. The predicted octanol–water partition coefficient (Wildman–Crippen LogP) is 4.73. The molecule has 0 unspecified atom stereocenters. The number of halogens is 1. The summed E-state index contributed by atoms with van der Waals surface area (Å²) in [6.45, 7) is 7.30. The second-order valence-electron chi connectivity index (χ2n) is 10.1. The highest BCUT2D eigenvalue weighted by Gasteiger charge is 2.30. The lowest BCUT2D eigenvalue weighted by atomic mass is 9.88. The van der Waals surface area contributed by atoms with Gasteiger partial charge in [-0.05, 0) is 68.7 Å². The molecule has 1 aromatic rings. The molecule has 1 heterocycles. The van der Waals surface area contributed by atoms with Gasteiger partial charge >= 0.3 is 6.09 Å². The molecule has 10 heteroatoms. The average molecular weight is 553 g/mol. The molecule has 0 saturated heterocycles. The first-order valence-electron chi connectivity index (χ1n) is 12.7. The molecule has 2 rings (SSSR count). The molecule has 6 atom stereocenters. The third-order valence-electron chi connectivity index (χ3n) is 6.95. The van der Waals surface area contributed by atoms with Gasteiger partial charge in [0.2, 0.25) is 0 Å². The molecule has 0 aromatic heterocycles. The number of aromatic hydroxyl groups is 1. The number of nitrogens with two attached hydrogens (primary N) is 1. The summed E-state index contributed by atoms with van der Waals surface area (Å²) in [6, 6.07) is 3.17. The Balaban J connectivity index is 2.52. The fourth-order valence-corrected chi connectivity index (χ4v) is 5.08. The summed E-state index contributed by atoms with van der Waals surface area (Å²) in [7, 11) is 3.05. The van der Waals surface area contributed by atoms with Gasteiger partial charge in [0.15, 0.2) is 6.10 Å². The molecule has 38 heavy (non-hydrogen) atoms. The molecule has 1 aliphatic rings. The van der Waals surface area contributed by atoms with E-state index in [1.54, 1.807) is 33.1 Å². The number of phenolic OH excluding ortho intramolecular Hbond substituents is 1. The molecule has 0 spiro atoms. The van der Waals surface area contributed by atoms with Crippen molar-refractivity contribution in [3.05, 3.63) is 46.0 Å². The Hall–Kier alpha value is -2.59. The summed E-state index contributed by atoms with van der Waals surface area (Å²) in [5.41, 5.74) is 7.27. The van der Waals surface area contributed by atoms with E-state index >= 15 is 0 Å². The van der Waals surface area contributed by atoms with Crippen LogP contribution in [0.25, 0.3) is 0 Å². The molecule has 1 aliphatic heterocycles. The Morgan fingerprint density at radius 3 is 2.42 bits per heavy atom. The number of carbonyl (C=O) groups excluding carboxylic acids is 2. The van der Waals surface area contributed by atoms with Crippen molar-refractivity contribution >= 4 is 29.3 Å². The number of benzene rings is 1. The quantitative estimate of drug-likeness (QED) is 0.314. The smallest absolute Gasteiger partial charge is 0.405 e. The van der Waals surface area contributed by atoms with Crippen molar-refractivity contribution < 1.29 is 34.0 Å². The molecular weight excluding hydrogens is 512 g/mol. The second kappa shape index (κ2) is 14.5. The summed E-state index contributed by atoms with van der Waals surface area (Å²) < 4.78 is 16.7. The van der Waals surface area contributed by atoms with Crippen LogP contribution in [0.5, 0.6) is 5.75 Å². The van der Waals surface area contributed by atoms with Crippen molar-refractivity contribution in [2.45, 2.75) is 77.8 Å². The van der Waals surface area contributed by atoms with Crippen LogP contribution >= 0.6 is 11.6 Å². The van der Waals surface area contributed by atoms with Gasteiger partial charge in [0.25, 0.3) is 5.91 Å². The number of aliphatic hydroxyl groups is 1. The van der Waals surface area contributed by atoms with Crippen LogP contribution in [0.3, 0.4) is 0 Å². The van der Waals surface area contributed by atoms with Crippen LogP contribution < -0.4 is 11.1 Å². The highest BCUT2D eigenvalue weighted by atomic mass is 35.5. The SMILES string of the molecule is CO[C@H]1C[C@H](C)Cc2cc(Cl)cc(c2O)NC(=O)/C(C)=C/CC[C@H](OC)[C@@H](OC(N)=O)/C(C)=C/[C@H](C)[C@H]1O. The number of carbonyl (C=O) groups is 2. The molecule has 2 bridgehead atoms. The van der Waals surface area contributed by atoms with Crippen molar-refractivity contribution in [2.75, 3.05) is 19.5 Å². The van der Waals surface area contributed by atoms with Crippen LogP contribution in [-0.2, 0) is 25.4 Å². The van der Waals surface area contributed by atoms with Gasteiger partial charge in [0.1, 0.15) is 5.75 Å². The van der Waals surface area contributed by atoms with Gasteiger partial charge in [-0.25, -0.2) is 4.79 Å². The molecule has 212 valence electrons.